The van der Waals surface area contributed by atoms with Crippen LogP contribution in [0.3, 0.4) is 0 Å². The van der Waals surface area contributed by atoms with E-state index in [-0.39, 0.29) is 0 Å². The Morgan fingerprint density at radius 1 is 0.950 bits per heavy atom. The van der Waals surface area contributed by atoms with Gasteiger partial charge in [-0.25, -0.2) is 0 Å². The van der Waals surface area contributed by atoms with Gasteiger partial charge in [-0.1, -0.05) is 63.1 Å². The molecule has 0 atom stereocenters. The van der Waals surface area contributed by atoms with Crippen molar-refractivity contribution < 1.29 is 4.79 Å². The molecular weight excluding hydrogens is 244 g/mol. The van der Waals surface area contributed by atoms with Crippen LogP contribution < -0.4 is 0 Å². The zero-order chi connectivity index (χ0) is 13.8. The monoisotopic (exact) mass is 270 g/mol. The Kier molecular flexibility index (Phi) is 4.54. The van der Waals surface area contributed by atoms with Crippen LogP contribution in [0, 0.1) is 5.92 Å². The summed E-state index contributed by atoms with van der Waals surface area (Å²) in [6, 6.07) is 8.46. The first kappa shape index (κ1) is 13.9. The van der Waals surface area contributed by atoms with Crippen LogP contribution in [0.5, 0.6) is 0 Å². The fourth-order valence-corrected chi connectivity index (χ4v) is 3.66. The van der Waals surface area contributed by atoms with Crippen molar-refractivity contribution in [3.05, 3.63) is 35.4 Å². The quantitative estimate of drug-likeness (QED) is 0.521. The molecule has 2 aliphatic carbocycles. The SMILES string of the molecule is O=C(CC1CCCCCC1)c1cccc(C2CCC2)c1. The number of carbonyl (C=O) groups excluding carboxylic acids is 1. The average Bonchev–Trinajstić information content (AvgIpc) is 2.66. The average molecular weight is 270 g/mol. The van der Waals surface area contributed by atoms with Gasteiger partial charge in [-0.15, -0.1) is 0 Å². The molecule has 0 spiro atoms. The molecule has 0 unspecified atom stereocenters. The standard InChI is InChI=1S/C19H26O/c20-19(13-15-7-3-1-2-4-8-15)18-12-6-11-17(14-18)16-9-5-10-16/h6,11-12,14-16H,1-5,7-10,13H2. The maximum Gasteiger partial charge on any atom is 0.163 e. The largest absolute Gasteiger partial charge is 0.294 e. The van der Waals surface area contributed by atoms with Crippen LogP contribution >= 0.6 is 0 Å². The molecular formula is C19H26O. The zero-order valence-corrected chi connectivity index (χ0v) is 12.4. The van der Waals surface area contributed by atoms with E-state index < -0.39 is 0 Å². The Morgan fingerprint density at radius 2 is 1.70 bits per heavy atom. The van der Waals surface area contributed by atoms with Gasteiger partial charge in [0.1, 0.15) is 0 Å². The molecule has 1 nitrogen and oxygen atoms in total. The molecule has 0 bridgehead atoms. The number of rotatable bonds is 4. The fraction of sp³-hybridized carbons (Fsp3) is 0.632. The highest BCUT2D eigenvalue weighted by Gasteiger charge is 2.21. The van der Waals surface area contributed by atoms with Crippen molar-refractivity contribution in [3.8, 4) is 0 Å². The van der Waals surface area contributed by atoms with E-state index in [1.54, 1.807) is 0 Å². The van der Waals surface area contributed by atoms with E-state index >= 15 is 0 Å². The minimum Gasteiger partial charge on any atom is -0.294 e. The van der Waals surface area contributed by atoms with E-state index in [0.29, 0.717) is 11.7 Å². The van der Waals surface area contributed by atoms with Gasteiger partial charge in [0.15, 0.2) is 5.78 Å². The fourth-order valence-electron chi connectivity index (χ4n) is 3.66. The van der Waals surface area contributed by atoms with E-state index in [4.69, 9.17) is 0 Å². The number of benzene rings is 1. The molecule has 20 heavy (non-hydrogen) atoms. The molecule has 1 aromatic carbocycles. The molecule has 0 amide bonds. The second-order valence-corrected chi connectivity index (χ2v) is 6.74. The molecule has 0 N–H and O–H groups in total. The number of ketones is 1. The Morgan fingerprint density at radius 3 is 2.35 bits per heavy atom. The third-order valence-electron chi connectivity index (χ3n) is 5.23. The minimum atomic E-state index is 0.373. The van der Waals surface area contributed by atoms with Crippen molar-refractivity contribution in [2.75, 3.05) is 0 Å². The van der Waals surface area contributed by atoms with Gasteiger partial charge in [-0.2, -0.15) is 0 Å². The van der Waals surface area contributed by atoms with Gasteiger partial charge in [0, 0.05) is 12.0 Å². The molecule has 1 aromatic rings. The van der Waals surface area contributed by atoms with Crippen LogP contribution in [0.1, 0.15) is 86.0 Å². The molecule has 0 radical (unpaired) electrons. The van der Waals surface area contributed by atoms with Gasteiger partial charge in [-0.05, 0) is 36.3 Å². The van der Waals surface area contributed by atoms with Crippen molar-refractivity contribution in [2.24, 2.45) is 5.92 Å². The van der Waals surface area contributed by atoms with Crippen molar-refractivity contribution in [3.63, 3.8) is 0 Å². The first-order valence-corrected chi connectivity index (χ1v) is 8.46. The van der Waals surface area contributed by atoms with Gasteiger partial charge in [0.05, 0.1) is 0 Å². The number of hydrogen-bond acceptors (Lipinski definition) is 1. The predicted octanol–water partition coefficient (Wildman–Crippen LogP) is 5.50. The summed E-state index contributed by atoms with van der Waals surface area (Å²) in [7, 11) is 0. The van der Waals surface area contributed by atoms with Crippen LogP contribution in [0.25, 0.3) is 0 Å². The van der Waals surface area contributed by atoms with Gasteiger partial charge >= 0.3 is 0 Å². The van der Waals surface area contributed by atoms with Crippen molar-refractivity contribution >= 4 is 5.78 Å². The summed E-state index contributed by atoms with van der Waals surface area (Å²) < 4.78 is 0. The van der Waals surface area contributed by atoms with Gasteiger partial charge in [0.2, 0.25) is 0 Å². The van der Waals surface area contributed by atoms with Crippen molar-refractivity contribution in [1.82, 2.24) is 0 Å². The summed E-state index contributed by atoms with van der Waals surface area (Å²) in [6.45, 7) is 0. The summed E-state index contributed by atoms with van der Waals surface area (Å²) >= 11 is 0. The number of hydrogen-bond donors (Lipinski definition) is 0. The number of Topliss-reactive ketones (excluding diaryl/α,β-unsaturated/α-hetero) is 1. The Bertz CT molecular complexity index is 451. The summed E-state index contributed by atoms with van der Waals surface area (Å²) in [6.07, 6.45) is 12.6. The first-order valence-electron chi connectivity index (χ1n) is 8.46. The molecule has 0 aromatic heterocycles. The van der Waals surface area contributed by atoms with Crippen LogP contribution in [-0.4, -0.2) is 5.78 Å². The third kappa shape index (κ3) is 3.31. The zero-order valence-electron chi connectivity index (χ0n) is 12.4. The van der Waals surface area contributed by atoms with E-state index in [1.807, 2.05) is 6.07 Å². The topological polar surface area (TPSA) is 17.1 Å². The molecule has 0 heterocycles. The molecule has 0 aliphatic heterocycles. The Hall–Kier alpha value is -1.11. The second-order valence-electron chi connectivity index (χ2n) is 6.74. The summed E-state index contributed by atoms with van der Waals surface area (Å²) in [5.74, 6) is 1.73. The first-order chi connectivity index (χ1) is 9.83. The molecule has 108 valence electrons. The van der Waals surface area contributed by atoms with Gasteiger partial charge in [-0.3, -0.25) is 4.79 Å². The molecule has 2 fully saturated rings. The summed E-state index contributed by atoms with van der Waals surface area (Å²) in [5, 5.41) is 0. The van der Waals surface area contributed by atoms with Crippen molar-refractivity contribution in [2.45, 2.75) is 70.1 Å². The lowest BCUT2D eigenvalue weighted by Gasteiger charge is -2.26. The van der Waals surface area contributed by atoms with E-state index in [1.165, 1.54) is 63.4 Å². The summed E-state index contributed by atoms with van der Waals surface area (Å²) in [4.78, 5) is 12.5. The smallest absolute Gasteiger partial charge is 0.163 e. The van der Waals surface area contributed by atoms with Crippen molar-refractivity contribution in [1.29, 1.82) is 0 Å². The highest BCUT2D eigenvalue weighted by molar-refractivity contribution is 5.96. The van der Waals surface area contributed by atoms with E-state index in [0.717, 1.165) is 17.9 Å². The third-order valence-corrected chi connectivity index (χ3v) is 5.23. The maximum atomic E-state index is 12.5. The lowest BCUT2D eigenvalue weighted by atomic mass is 9.79. The van der Waals surface area contributed by atoms with Crippen LogP contribution in [0.4, 0.5) is 0 Å². The Balaban J connectivity index is 1.63. The van der Waals surface area contributed by atoms with Crippen LogP contribution in [0.2, 0.25) is 0 Å². The minimum absolute atomic E-state index is 0.373. The summed E-state index contributed by atoms with van der Waals surface area (Å²) in [5.41, 5.74) is 2.35. The van der Waals surface area contributed by atoms with E-state index in [2.05, 4.69) is 18.2 Å². The molecule has 2 saturated carbocycles. The predicted molar refractivity (Wildman–Crippen MR) is 83.2 cm³/mol. The Labute approximate surface area is 122 Å². The van der Waals surface area contributed by atoms with Gasteiger partial charge < -0.3 is 0 Å². The van der Waals surface area contributed by atoms with Crippen LogP contribution in [0.15, 0.2) is 24.3 Å². The van der Waals surface area contributed by atoms with Crippen LogP contribution in [-0.2, 0) is 0 Å². The van der Waals surface area contributed by atoms with Gasteiger partial charge in [0.25, 0.3) is 0 Å². The molecule has 2 aliphatic rings. The normalized spacial score (nSPS) is 21.2. The number of carbonyl (C=O) groups is 1. The second kappa shape index (κ2) is 6.56. The maximum absolute atomic E-state index is 12.5. The highest BCUT2D eigenvalue weighted by atomic mass is 16.1. The lowest BCUT2D eigenvalue weighted by molar-refractivity contribution is 0.0957. The lowest BCUT2D eigenvalue weighted by Crippen LogP contribution is -2.11. The highest BCUT2D eigenvalue weighted by Crippen LogP contribution is 2.36. The molecule has 0 saturated heterocycles. The molecule has 1 heteroatoms. The molecule has 3 rings (SSSR count). The van der Waals surface area contributed by atoms with E-state index in [9.17, 15) is 4.79 Å².